The average Bonchev–Trinajstić information content (AvgIpc) is 3.01. The number of anilines is 1. The van der Waals surface area contributed by atoms with E-state index in [1.807, 2.05) is 6.92 Å². The monoisotopic (exact) mass is 382 g/mol. The van der Waals surface area contributed by atoms with Crippen molar-refractivity contribution in [3.05, 3.63) is 34.8 Å². The second kappa shape index (κ2) is 8.03. The highest BCUT2D eigenvalue weighted by Gasteiger charge is 2.24. The van der Waals surface area contributed by atoms with Crippen LogP contribution in [-0.2, 0) is 16.4 Å². The van der Waals surface area contributed by atoms with E-state index >= 15 is 0 Å². The number of rotatable bonds is 7. The van der Waals surface area contributed by atoms with E-state index in [2.05, 4.69) is 15.5 Å². The maximum atomic E-state index is 12.6. The number of benzene rings is 1. The fraction of sp³-hybridized carbons (Fsp3) is 0.438. The molecule has 0 fully saturated rings. The predicted molar refractivity (Wildman–Crippen MR) is 98.4 cm³/mol. The van der Waals surface area contributed by atoms with Gasteiger partial charge in [-0.05, 0) is 38.5 Å². The normalized spacial score (nSPS) is 11.9. The molecule has 0 aliphatic rings. The summed E-state index contributed by atoms with van der Waals surface area (Å²) in [7, 11) is -2.13. The number of hydrogen-bond acceptors (Lipinski definition) is 6. The predicted octanol–water partition coefficient (Wildman–Crippen LogP) is 2.77. The Labute approximate surface area is 152 Å². The molecule has 2 aromatic rings. The Bertz CT molecular complexity index is 847. The van der Waals surface area contributed by atoms with Crippen molar-refractivity contribution >= 4 is 32.4 Å². The van der Waals surface area contributed by atoms with Crippen molar-refractivity contribution in [1.82, 2.24) is 14.5 Å². The minimum atomic E-state index is -3.64. The fourth-order valence-electron chi connectivity index (χ4n) is 2.03. The van der Waals surface area contributed by atoms with Gasteiger partial charge in [-0.25, -0.2) is 8.42 Å². The number of carbonyl (C=O) groups is 1. The molecular formula is C16H22N4O3S2. The van der Waals surface area contributed by atoms with Crippen LogP contribution in [0.5, 0.6) is 0 Å². The lowest BCUT2D eigenvalue weighted by Crippen LogP contribution is -2.33. The van der Waals surface area contributed by atoms with Crippen LogP contribution in [0.15, 0.2) is 29.2 Å². The van der Waals surface area contributed by atoms with Gasteiger partial charge in [-0.3, -0.25) is 10.1 Å². The van der Waals surface area contributed by atoms with E-state index in [9.17, 15) is 13.2 Å². The summed E-state index contributed by atoms with van der Waals surface area (Å²) in [5, 5.41) is 11.9. The van der Waals surface area contributed by atoms with Crippen LogP contribution in [0.25, 0.3) is 0 Å². The summed E-state index contributed by atoms with van der Waals surface area (Å²) in [6, 6.07) is 5.80. The molecule has 9 heteroatoms. The van der Waals surface area contributed by atoms with Gasteiger partial charge in [0, 0.05) is 25.1 Å². The van der Waals surface area contributed by atoms with Crippen molar-refractivity contribution < 1.29 is 13.2 Å². The molecule has 2 rings (SSSR count). The molecule has 0 aliphatic carbocycles. The van der Waals surface area contributed by atoms with Crippen LogP contribution < -0.4 is 5.32 Å². The first-order valence-electron chi connectivity index (χ1n) is 7.97. The summed E-state index contributed by atoms with van der Waals surface area (Å²) in [4.78, 5) is 12.5. The van der Waals surface area contributed by atoms with Crippen molar-refractivity contribution in [3.8, 4) is 0 Å². The Morgan fingerprint density at radius 1 is 1.32 bits per heavy atom. The second-order valence-corrected chi connectivity index (χ2v) is 8.91. The van der Waals surface area contributed by atoms with Crippen LogP contribution in [0.3, 0.4) is 0 Å². The molecule has 25 heavy (non-hydrogen) atoms. The zero-order chi connectivity index (χ0) is 18.6. The zero-order valence-corrected chi connectivity index (χ0v) is 16.3. The molecule has 1 N–H and O–H groups in total. The molecule has 7 nitrogen and oxygen atoms in total. The summed E-state index contributed by atoms with van der Waals surface area (Å²) in [5.41, 5.74) is 0.255. The molecule has 1 aromatic carbocycles. The summed E-state index contributed by atoms with van der Waals surface area (Å²) < 4.78 is 26.4. The maximum absolute atomic E-state index is 12.6. The molecule has 0 spiro atoms. The van der Waals surface area contributed by atoms with Crippen molar-refractivity contribution in [2.24, 2.45) is 0 Å². The summed E-state index contributed by atoms with van der Waals surface area (Å²) in [6.07, 6.45) is 1.76. The molecular weight excluding hydrogens is 360 g/mol. The van der Waals surface area contributed by atoms with Gasteiger partial charge >= 0.3 is 0 Å². The van der Waals surface area contributed by atoms with E-state index in [1.165, 1.54) is 34.8 Å². The SMILES string of the molecule is CCCc1nnc(NC(=O)c2cccc(S(=O)(=O)N(C)C(C)C)c2)s1. The van der Waals surface area contributed by atoms with Crippen molar-refractivity contribution in [1.29, 1.82) is 0 Å². The van der Waals surface area contributed by atoms with Gasteiger partial charge in [-0.1, -0.05) is 24.3 Å². The van der Waals surface area contributed by atoms with Gasteiger partial charge in [-0.2, -0.15) is 4.31 Å². The number of carbonyl (C=O) groups excluding carboxylic acids is 1. The lowest BCUT2D eigenvalue weighted by Gasteiger charge is -2.21. The second-order valence-electron chi connectivity index (χ2n) is 5.85. The van der Waals surface area contributed by atoms with E-state index in [4.69, 9.17) is 0 Å². The number of nitrogens with one attached hydrogen (secondary N) is 1. The Hall–Kier alpha value is -1.84. The van der Waals surface area contributed by atoms with Gasteiger partial charge in [0.15, 0.2) is 0 Å². The first-order chi connectivity index (χ1) is 11.8. The number of aryl methyl sites for hydroxylation is 1. The van der Waals surface area contributed by atoms with Gasteiger partial charge in [0.1, 0.15) is 5.01 Å². The van der Waals surface area contributed by atoms with E-state index < -0.39 is 15.9 Å². The molecule has 1 aromatic heterocycles. The third kappa shape index (κ3) is 4.62. The minimum Gasteiger partial charge on any atom is -0.296 e. The largest absolute Gasteiger partial charge is 0.296 e. The van der Waals surface area contributed by atoms with Crippen LogP contribution >= 0.6 is 11.3 Å². The standard InChI is InChI=1S/C16H22N4O3S2/c1-5-7-14-18-19-16(24-14)17-15(21)12-8-6-9-13(10-12)25(22,23)20(4)11(2)3/h6,8-11H,5,7H2,1-4H3,(H,17,19,21). The van der Waals surface area contributed by atoms with E-state index in [1.54, 1.807) is 26.0 Å². The first-order valence-corrected chi connectivity index (χ1v) is 10.2. The van der Waals surface area contributed by atoms with Crippen LogP contribution in [0, 0.1) is 0 Å². The number of nitrogens with zero attached hydrogens (tertiary/aromatic N) is 3. The van der Waals surface area contributed by atoms with Crippen LogP contribution in [0.1, 0.15) is 42.6 Å². The van der Waals surface area contributed by atoms with Gasteiger partial charge in [0.25, 0.3) is 5.91 Å². The number of sulfonamides is 1. The van der Waals surface area contributed by atoms with Gasteiger partial charge in [-0.15, -0.1) is 10.2 Å². The highest BCUT2D eigenvalue weighted by atomic mass is 32.2. The molecule has 0 saturated carbocycles. The quantitative estimate of drug-likeness (QED) is 0.795. The Morgan fingerprint density at radius 3 is 2.68 bits per heavy atom. The lowest BCUT2D eigenvalue weighted by molar-refractivity contribution is 0.102. The fourth-order valence-corrected chi connectivity index (χ4v) is 4.28. The summed E-state index contributed by atoms with van der Waals surface area (Å²) in [6.45, 7) is 5.62. The molecule has 0 bridgehead atoms. The Morgan fingerprint density at radius 2 is 2.04 bits per heavy atom. The van der Waals surface area contributed by atoms with E-state index in [0.717, 1.165) is 17.8 Å². The first kappa shape index (κ1) is 19.5. The van der Waals surface area contributed by atoms with E-state index in [0.29, 0.717) is 5.13 Å². The highest BCUT2D eigenvalue weighted by Crippen LogP contribution is 2.20. The Kier molecular flexibility index (Phi) is 6.26. The highest BCUT2D eigenvalue weighted by molar-refractivity contribution is 7.89. The van der Waals surface area contributed by atoms with Crippen LogP contribution in [0.2, 0.25) is 0 Å². The third-order valence-corrected chi connectivity index (χ3v) is 6.58. The third-order valence-electron chi connectivity index (χ3n) is 3.65. The molecule has 0 radical (unpaired) electrons. The number of hydrogen-bond donors (Lipinski definition) is 1. The molecule has 0 aliphatic heterocycles. The molecule has 1 heterocycles. The molecule has 0 unspecified atom stereocenters. The van der Waals surface area contributed by atoms with Crippen molar-refractivity contribution in [3.63, 3.8) is 0 Å². The number of amides is 1. The summed E-state index contributed by atoms with van der Waals surface area (Å²) >= 11 is 1.32. The van der Waals surface area contributed by atoms with Gasteiger partial charge in [0.05, 0.1) is 4.90 Å². The van der Waals surface area contributed by atoms with Crippen molar-refractivity contribution in [2.75, 3.05) is 12.4 Å². The van der Waals surface area contributed by atoms with Gasteiger partial charge < -0.3 is 0 Å². The summed E-state index contributed by atoms with van der Waals surface area (Å²) in [5.74, 6) is -0.413. The minimum absolute atomic E-state index is 0.0836. The van der Waals surface area contributed by atoms with Gasteiger partial charge in [0.2, 0.25) is 15.2 Å². The van der Waals surface area contributed by atoms with E-state index in [-0.39, 0.29) is 16.5 Å². The average molecular weight is 383 g/mol. The Balaban J connectivity index is 2.21. The smallest absolute Gasteiger partial charge is 0.257 e. The lowest BCUT2D eigenvalue weighted by atomic mass is 10.2. The van der Waals surface area contributed by atoms with Crippen LogP contribution in [0.4, 0.5) is 5.13 Å². The zero-order valence-electron chi connectivity index (χ0n) is 14.7. The molecule has 136 valence electrons. The van der Waals surface area contributed by atoms with Crippen LogP contribution in [-0.4, -0.2) is 41.9 Å². The molecule has 0 atom stereocenters. The maximum Gasteiger partial charge on any atom is 0.257 e. The topological polar surface area (TPSA) is 92.3 Å². The molecule has 1 amide bonds. The van der Waals surface area contributed by atoms with Crippen molar-refractivity contribution in [2.45, 2.75) is 44.6 Å². The number of aromatic nitrogens is 2. The molecule has 0 saturated heterocycles.